The molecule has 0 unspecified atom stereocenters. The molecule has 0 bridgehead atoms. The Morgan fingerprint density at radius 2 is 2.00 bits per heavy atom. The summed E-state index contributed by atoms with van der Waals surface area (Å²) in [6.07, 6.45) is -8.03. The predicted octanol–water partition coefficient (Wildman–Crippen LogP) is 3.02. The van der Waals surface area contributed by atoms with Gasteiger partial charge in [0.05, 0.1) is 23.1 Å². The van der Waals surface area contributed by atoms with Crippen LogP contribution >= 0.6 is 0 Å². The SMILES string of the molecule is O=C(O)c1cccc2nc(C(F)(F)F)n(CC(F)F)c12. The fourth-order valence-corrected chi connectivity index (χ4v) is 1.89. The zero-order valence-electron chi connectivity index (χ0n) is 9.66. The zero-order valence-corrected chi connectivity index (χ0v) is 9.66. The standard InChI is InChI=1S/C11H7F5N2O2/c12-7(13)4-18-8-5(9(19)20)2-1-3-6(8)17-10(18)11(14,15)16/h1-3,7H,4H2,(H,19,20). The summed E-state index contributed by atoms with van der Waals surface area (Å²) in [5.41, 5.74) is -1.27. The fraction of sp³-hybridized carbons (Fsp3) is 0.273. The van der Waals surface area contributed by atoms with E-state index in [-0.39, 0.29) is 10.1 Å². The van der Waals surface area contributed by atoms with Gasteiger partial charge < -0.3 is 9.67 Å². The van der Waals surface area contributed by atoms with Gasteiger partial charge >= 0.3 is 12.1 Å². The highest BCUT2D eigenvalue weighted by Crippen LogP contribution is 2.33. The minimum atomic E-state index is -4.95. The third-order valence-electron chi connectivity index (χ3n) is 2.57. The van der Waals surface area contributed by atoms with E-state index >= 15 is 0 Å². The van der Waals surface area contributed by atoms with Crippen LogP contribution in [0, 0.1) is 0 Å². The third kappa shape index (κ3) is 2.43. The second-order valence-electron chi connectivity index (χ2n) is 3.91. The molecule has 0 aliphatic rings. The summed E-state index contributed by atoms with van der Waals surface area (Å²) in [7, 11) is 0. The molecule has 0 amide bonds. The Labute approximate surface area is 108 Å². The average molecular weight is 294 g/mol. The van der Waals surface area contributed by atoms with Crippen molar-refractivity contribution >= 4 is 17.0 Å². The van der Waals surface area contributed by atoms with E-state index in [1.54, 1.807) is 0 Å². The van der Waals surface area contributed by atoms with E-state index in [4.69, 9.17) is 5.11 Å². The van der Waals surface area contributed by atoms with Gasteiger partial charge in [0.2, 0.25) is 5.82 Å². The summed E-state index contributed by atoms with van der Waals surface area (Å²) < 4.78 is 63.5. The Bertz CT molecular complexity index is 663. The number of aromatic carboxylic acids is 1. The van der Waals surface area contributed by atoms with E-state index in [0.717, 1.165) is 12.1 Å². The topological polar surface area (TPSA) is 55.1 Å². The lowest BCUT2D eigenvalue weighted by Crippen LogP contribution is -2.18. The van der Waals surface area contributed by atoms with Gasteiger partial charge in [-0.3, -0.25) is 0 Å². The molecule has 1 aromatic heterocycles. The first-order valence-corrected chi connectivity index (χ1v) is 5.29. The van der Waals surface area contributed by atoms with Gasteiger partial charge in [0.25, 0.3) is 6.43 Å². The van der Waals surface area contributed by atoms with E-state index in [1.807, 2.05) is 0 Å². The summed E-state index contributed by atoms with van der Waals surface area (Å²) in [5, 5.41) is 8.94. The van der Waals surface area contributed by atoms with Crippen LogP contribution in [0.3, 0.4) is 0 Å². The van der Waals surface area contributed by atoms with Gasteiger partial charge in [-0.05, 0) is 12.1 Å². The van der Waals surface area contributed by atoms with Gasteiger partial charge in [-0.1, -0.05) is 6.07 Å². The molecule has 1 heterocycles. The van der Waals surface area contributed by atoms with Crippen LogP contribution < -0.4 is 0 Å². The lowest BCUT2D eigenvalue weighted by Gasteiger charge is -2.11. The summed E-state index contributed by atoms with van der Waals surface area (Å²) in [6, 6.07) is 3.37. The number of hydrogen-bond donors (Lipinski definition) is 1. The maximum Gasteiger partial charge on any atom is 0.449 e. The molecule has 0 radical (unpaired) electrons. The number of alkyl halides is 5. The smallest absolute Gasteiger partial charge is 0.449 e. The molecule has 0 saturated heterocycles. The van der Waals surface area contributed by atoms with Crippen LogP contribution in [0.5, 0.6) is 0 Å². The number of hydrogen-bond acceptors (Lipinski definition) is 2. The van der Waals surface area contributed by atoms with Gasteiger partial charge in [-0.15, -0.1) is 0 Å². The van der Waals surface area contributed by atoms with Gasteiger partial charge in [-0.25, -0.2) is 18.6 Å². The van der Waals surface area contributed by atoms with E-state index in [1.165, 1.54) is 6.07 Å². The number of fused-ring (bicyclic) bond motifs is 1. The molecule has 0 aliphatic carbocycles. The Balaban J connectivity index is 2.82. The van der Waals surface area contributed by atoms with Crippen molar-refractivity contribution in [1.82, 2.24) is 9.55 Å². The third-order valence-corrected chi connectivity index (χ3v) is 2.57. The molecule has 20 heavy (non-hydrogen) atoms. The molecule has 1 aromatic carbocycles. The molecule has 0 atom stereocenters. The van der Waals surface area contributed by atoms with Gasteiger partial charge in [-0.2, -0.15) is 13.2 Å². The molecule has 0 saturated carbocycles. The molecule has 0 spiro atoms. The number of carboxylic acid groups (broad SMARTS) is 1. The summed E-state index contributed by atoms with van der Waals surface area (Å²) in [4.78, 5) is 14.2. The second kappa shape index (κ2) is 4.73. The minimum Gasteiger partial charge on any atom is -0.478 e. The number of benzene rings is 1. The molecule has 4 nitrogen and oxygen atoms in total. The van der Waals surface area contributed by atoms with Gasteiger partial charge in [0, 0.05) is 0 Å². The van der Waals surface area contributed by atoms with Crippen molar-refractivity contribution in [3.63, 3.8) is 0 Å². The van der Waals surface area contributed by atoms with Crippen molar-refractivity contribution in [3.8, 4) is 0 Å². The Morgan fingerprint density at radius 3 is 2.50 bits per heavy atom. The molecule has 0 aliphatic heterocycles. The number of imidazole rings is 1. The lowest BCUT2D eigenvalue weighted by molar-refractivity contribution is -0.147. The van der Waals surface area contributed by atoms with Crippen molar-refractivity contribution in [2.24, 2.45) is 0 Å². The van der Waals surface area contributed by atoms with Crippen LogP contribution in [0.15, 0.2) is 18.2 Å². The number of carbonyl (C=O) groups is 1. The highest BCUT2D eigenvalue weighted by atomic mass is 19.4. The Hall–Kier alpha value is -2.19. The van der Waals surface area contributed by atoms with Crippen molar-refractivity contribution in [2.75, 3.05) is 0 Å². The normalized spacial score (nSPS) is 12.3. The molecule has 2 rings (SSSR count). The predicted molar refractivity (Wildman–Crippen MR) is 57.7 cm³/mol. The number of aromatic nitrogens is 2. The molecule has 9 heteroatoms. The Kier molecular flexibility index (Phi) is 3.36. The lowest BCUT2D eigenvalue weighted by atomic mass is 10.2. The van der Waals surface area contributed by atoms with Crippen molar-refractivity contribution in [3.05, 3.63) is 29.6 Å². The van der Waals surface area contributed by atoms with Crippen LogP contribution in [0.25, 0.3) is 11.0 Å². The maximum absolute atomic E-state index is 12.8. The Morgan fingerprint density at radius 1 is 1.35 bits per heavy atom. The molecule has 2 aromatic rings. The quantitative estimate of drug-likeness (QED) is 0.885. The van der Waals surface area contributed by atoms with Crippen molar-refractivity contribution < 1.29 is 31.9 Å². The monoisotopic (exact) mass is 294 g/mol. The number of halogens is 5. The first-order chi connectivity index (χ1) is 9.21. The van der Waals surface area contributed by atoms with Crippen molar-refractivity contribution in [1.29, 1.82) is 0 Å². The van der Waals surface area contributed by atoms with Crippen LogP contribution in [-0.2, 0) is 12.7 Å². The van der Waals surface area contributed by atoms with Crippen LogP contribution in [0.2, 0.25) is 0 Å². The number of rotatable bonds is 3. The second-order valence-corrected chi connectivity index (χ2v) is 3.91. The molecular weight excluding hydrogens is 287 g/mol. The summed E-state index contributed by atoms with van der Waals surface area (Å²) in [5.74, 6) is -3.05. The highest BCUT2D eigenvalue weighted by Gasteiger charge is 2.38. The van der Waals surface area contributed by atoms with E-state index < -0.39 is 42.0 Å². The van der Waals surface area contributed by atoms with Crippen LogP contribution in [0.1, 0.15) is 16.2 Å². The van der Waals surface area contributed by atoms with Gasteiger partial charge in [0.15, 0.2) is 0 Å². The fourth-order valence-electron chi connectivity index (χ4n) is 1.89. The summed E-state index contributed by atoms with van der Waals surface area (Å²) >= 11 is 0. The molecule has 1 N–H and O–H groups in total. The first kappa shape index (κ1) is 14.2. The van der Waals surface area contributed by atoms with Crippen LogP contribution in [0.4, 0.5) is 22.0 Å². The van der Waals surface area contributed by atoms with E-state index in [0.29, 0.717) is 0 Å². The number of carboxylic acids is 1. The van der Waals surface area contributed by atoms with E-state index in [9.17, 15) is 26.7 Å². The zero-order chi connectivity index (χ0) is 15.1. The summed E-state index contributed by atoms with van der Waals surface area (Å²) in [6.45, 7) is -1.28. The highest BCUT2D eigenvalue weighted by molar-refractivity contribution is 6.01. The maximum atomic E-state index is 12.8. The molecule has 108 valence electrons. The molecular formula is C11H7F5N2O2. The number of nitrogens with zero attached hydrogens (tertiary/aromatic N) is 2. The largest absolute Gasteiger partial charge is 0.478 e. The average Bonchev–Trinajstić information content (AvgIpc) is 2.67. The minimum absolute atomic E-state index is 0.198. The van der Waals surface area contributed by atoms with Gasteiger partial charge in [0.1, 0.15) is 0 Å². The molecule has 0 fully saturated rings. The van der Waals surface area contributed by atoms with Crippen LogP contribution in [-0.4, -0.2) is 27.1 Å². The van der Waals surface area contributed by atoms with E-state index in [2.05, 4.69) is 4.98 Å². The first-order valence-electron chi connectivity index (χ1n) is 5.29. The van der Waals surface area contributed by atoms with Crippen molar-refractivity contribution in [2.45, 2.75) is 19.1 Å². The number of para-hydroxylation sites is 1.